The van der Waals surface area contributed by atoms with Gasteiger partial charge >= 0.3 is 5.97 Å². The second-order valence-corrected chi connectivity index (χ2v) is 8.00. The molecule has 0 radical (unpaired) electrons. The van der Waals surface area contributed by atoms with E-state index in [0.29, 0.717) is 28.4 Å². The molecule has 0 unspecified atom stereocenters. The van der Waals surface area contributed by atoms with Crippen molar-refractivity contribution in [1.29, 1.82) is 0 Å². The summed E-state index contributed by atoms with van der Waals surface area (Å²) < 4.78 is 27.7. The van der Waals surface area contributed by atoms with Crippen LogP contribution in [0.4, 0.5) is 0 Å². The van der Waals surface area contributed by atoms with Gasteiger partial charge in [0, 0.05) is 11.6 Å². The predicted molar refractivity (Wildman–Crippen MR) is 128 cm³/mol. The van der Waals surface area contributed by atoms with E-state index >= 15 is 0 Å². The number of fused-ring (bicyclic) bond motifs is 2. The summed E-state index contributed by atoms with van der Waals surface area (Å²) in [5.74, 6) is 1.65. The third-order valence-electron chi connectivity index (χ3n) is 5.78. The Morgan fingerprint density at radius 2 is 1.74 bits per heavy atom. The molecule has 0 N–H and O–H groups in total. The lowest BCUT2D eigenvalue weighted by Gasteiger charge is -2.22. The van der Waals surface area contributed by atoms with E-state index in [1.54, 1.807) is 30.3 Å². The average molecular weight is 470 g/mol. The summed E-state index contributed by atoms with van der Waals surface area (Å²) in [7, 11) is 3.00. The van der Waals surface area contributed by atoms with Gasteiger partial charge in [0.2, 0.25) is 5.78 Å². The van der Waals surface area contributed by atoms with Crippen molar-refractivity contribution in [2.45, 2.75) is 13.0 Å². The van der Waals surface area contributed by atoms with Crippen molar-refractivity contribution < 1.29 is 33.3 Å². The minimum atomic E-state index is -0.581. The SMILES string of the molecule is COc1ccc(C(=O)Oc2ccc3c(c2)O/C(=C\C2=Cc4ccccc4O[C@H]2C)C3=O)cc1OC. The van der Waals surface area contributed by atoms with Crippen molar-refractivity contribution in [3.05, 3.63) is 94.8 Å². The van der Waals surface area contributed by atoms with Crippen molar-refractivity contribution in [2.75, 3.05) is 14.2 Å². The number of benzene rings is 3. The lowest BCUT2D eigenvalue weighted by Crippen LogP contribution is -2.18. The number of hydrogen-bond donors (Lipinski definition) is 0. The number of esters is 1. The fourth-order valence-electron chi connectivity index (χ4n) is 3.93. The zero-order valence-corrected chi connectivity index (χ0v) is 19.4. The molecule has 0 amide bonds. The molecule has 5 rings (SSSR count). The highest BCUT2D eigenvalue weighted by atomic mass is 16.5. The first-order valence-electron chi connectivity index (χ1n) is 11.0. The third-order valence-corrected chi connectivity index (χ3v) is 5.78. The normalized spacial score (nSPS) is 17.0. The number of ether oxygens (including phenoxy) is 5. The largest absolute Gasteiger partial charge is 0.493 e. The van der Waals surface area contributed by atoms with Crippen LogP contribution in [0.1, 0.15) is 33.2 Å². The van der Waals surface area contributed by atoms with Gasteiger partial charge in [-0.3, -0.25) is 4.79 Å². The van der Waals surface area contributed by atoms with Crippen LogP contribution in [0.2, 0.25) is 0 Å². The van der Waals surface area contributed by atoms with Gasteiger partial charge in [0.1, 0.15) is 23.4 Å². The summed E-state index contributed by atoms with van der Waals surface area (Å²) >= 11 is 0. The van der Waals surface area contributed by atoms with Crippen LogP contribution in [0.3, 0.4) is 0 Å². The molecule has 2 aliphatic heterocycles. The Morgan fingerprint density at radius 1 is 0.943 bits per heavy atom. The summed E-state index contributed by atoms with van der Waals surface area (Å²) in [6, 6.07) is 17.1. The number of ketones is 1. The maximum atomic E-state index is 12.9. The molecule has 3 aromatic carbocycles. The minimum absolute atomic E-state index is 0.185. The molecule has 0 spiro atoms. The Bertz CT molecular complexity index is 1400. The van der Waals surface area contributed by atoms with E-state index in [2.05, 4.69) is 0 Å². The number of para-hydroxylation sites is 1. The molecule has 7 heteroatoms. The fourth-order valence-corrected chi connectivity index (χ4v) is 3.93. The summed E-state index contributed by atoms with van der Waals surface area (Å²) in [5.41, 5.74) is 2.44. The Labute approximate surface area is 202 Å². The number of methoxy groups -OCH3 is 2. The molecule has 0 bridgehead atoms. The van der Waals surface area contributed by atoms with Crippen LogP contribution >= 0.6 is 0 Å². The first kappa shape index (κ1) is 22.3. The molecule has 0 saturated carbocycles. The van der Waals surface area contributed by atoms with Crippen molar-refractivity contribution in [3.8, 4) is 28.7 Å². The molecular formula is C28H22O7. The molecule has 0 saturated heterocycles. The van der Waals surface area contributed by atoms with Crippen molar-refractivity contribution >= 4 is 17.8 Å². The van der Waals surface area contributed by atoms with Crippen LogP contribution in [-0.2, 0) is 0 Å². The maximum absolute atomic E-state index is 12.9. The fraction of sp³-hybridized carbons (Fsp3) is 0.143. The van der Waals surface area contributed by atoms with E-state index in [1.165, 1.54) is 26.4 Å². The first-order valence-corrected chi connectivity index (χ1v) is 11.0. The van der Waals surface area contributed by atoms with Gasteiger partial charge in [0.05, 0.1) is 25.3 Å². The lowest BCUT2D eigenvalue weighted by atomic mass is 10.0. The monoisotopic (exact) mass is 470 g/mol. The van der Waals surface area contributed by atoms with Crippen LogP contribution in [0.25, 0.3) is 6.08 Å². The van der Waals surface area contributed by atoms with E-state index in [1.807, 2.05) is 37.3 Å². The van der Waals surface area contributed by atoms with Gasteiger partial charge in [-0.2, -0.15) is 0 Å². The molecule has 0 aromatic heterocycles. The quantitative estimate of drug-likeness (QED) is 0.286. The van der Waals surface area contributed by atoms with Gasteiger partial charge in [-0.1, -0.05) is 18.2 Å². The Balaban J connectivity index is 1.36. The van der Waals surface area contributed by atoms with E-state index in [9.17, 15) is 9.59 Å². The van der Waals surface area contributed by atoms with E-state index in [4.69, 9.17) is 23.7 Å². The highest BCUT2D eigenvalue weighted by Gasteiger charge is 2.29. The van der Waals surface area contributed by atoms with Gasteiger partial charge in [0.25, 0.3) is 0 Å². The number of carbonyl (C=O) groups excluding carboxylic acids is 2. The summed E-state index contributed by atoms with van der Waals surface area (Å²) in [4.78, 5) is 25.6. The molecular weight excluding hydrogens is 448 g/mol. The van der Waals surface area contributed by atoms with Crippen molar-refractivity contribution in [2.24, 2.45) is 0 Å². The molecule has 0 aliphatic carbocycles. The van der Waals surface area contributed by atoms with E-state index in [-0.39, 0.29) is 23.4 Å². The molecule has 35 heavy (non-hydrogen) atoms. The minimum Gasteiger partial charge on any atom is -0.493 e. The molecule has 1 atom stereocenters. The topological polar surface area (TPSA) is 80.3 Å². The van der Waals surface area contributed by atoms with Gasteiger partial charge in [-0.05, 0) is 61.0 Å². The van der Waals surface area contributed by atoms with Crippen LogP contribution in [0, 0.1) is 0 Å². The average Bonchev–Trinajstić information content (AvgIpc) is 3.18. The zero-order chi connectivity index (χ0) is 24.5. The van der Waals surface area contributed by atoms with Gasteiger partial charge < -0.3 is 23.7 Å². The highest BCUT2D eigenvalue weighted by molar-refractivity contribution is 6.12. The summed E-state index contributed by atoms with van der Waals surface area (Å²) in [6.07, 6.45) is 3.43. The van der Waals surface area contributed by atoms with Crippen LogP contribution < -0.4 is 23.7 Å². The highest BCUT2D eigenvalue weighted by Crippen LogP contribution is 2.37. The second-order valence-electron chi connectivity index (χ2n) is 8.00. The number of hydrogen-bond acceptors (Lipinski definition) is 7. The van der Waals surface area contributed by atoms with E-state index < -0.39 is 5.97 Å². The number of Topliss-reactive ketones (excluding diaryl/α,β-unsaturated/α-hetero) is 1. The third kappa shape index (κ3) is 4.24. The van der Waals surface area contributed by atoms with Crippen LogP contribution in [0.15, 0.2) is 78.1 Å². The summed E-state index contributed by atoms with van der Waals surface area (Å²) in [5, 5.41) is 0. The van der Waals surface area contributed by atoms with Gasteiger partial charge in [0.15, 0.2) is 17.3 Å². The molecule has 2 heterocycles. The molecule has 2 aliphatic rings. The number of rotatable bonds is 5. The second kappa shape index (κ2) is 9.02. The summed E-state index contributed by atoms with van der Waals surface area (Å²) in [6.45, 7) is 1.91. The van der Waals surface area contributed by atoms with E-state index in [0.717, 1.165) is 16.9 Å². The molecule has 3 aromatic rings. The Morgan fingerprint density at radius 3 is 2.54 bits per heavy atom. The first-order chi connectivity index (χ1) is 17.0. The smallest absolute Gasteiger partial charge is 0.343 e. The molecule has 7 nitrogen and oxygen atoms in total. The van der Waals surface area contributed by atoms with Gasteiger partial charge in [-0.25, -0.2) is 4.79 Å². The van der Waals surface area contributed by atoms with Crippen molar-refractivity contribution in [1.82, 2.24) is 0 Å². The number of allylic oxidation sites excluding steroid dienone is 1. The standard InChI is InChI=1S/C28H22O7/c1-16-19(12-17-6-4-5-7-22(17)33-16)14-26-27(29)21-10-9-20(15-24(21)35-26)34-28(30)18-8-11-23(31-2)25(13-18)32-3/h4-16H,1-3H3/b26-14-/t16-/m0/s1. The lowest BCUT2D eigenvalue weighted by molar-refractivity contribution is 0.0734. The number of carbonyl (C=O) groups is 2. The van der Waals surface area contributed by atoms with Crippen LogP contribution in [-0.4, -0.2) is 32.1 Å². The maximum Gasteiger partial charge on any atom is 0.343 e. The zero-order valence-electron chi connectivity index (χ0n) is 19.4. The Kier molecular flexibility index (Phi) is 5.74. The van der Waals surface area contributed by atoms with Gasteiger partial charge in [-0.15, -0.1) is 0 Å². The Hall–Kier alpha value is -4.52. The van der Waals surface area contributed by atoms with Crippen molar-refractivity contribution in [3.63, 3.8) is 0 Å². The van der Waals surface area contributed by atoms with Crippen LogP contribution in [0.5, 0.6) is 28.7 Å². The predicted octanol–water partition coefficient (Wildman–Crippen LogP) is 5.25. The molecule has 0 fully saturated rings. The molecule has 176 valence electrons.